The van der Waals surface area contributed by atoms with Crippen LogP contribution >= 0.6 is 0 Å². The van der Waals surface area contributed by atoms with E-state index in [1.54, 1.807) is 84.9 Å². The van der Waals surface area contributed by atoms with Gasteiger partial charge in [-0.2, -0.15) is 0 Å². The van der Waals surface area contributed by atoms with Gasteiger partial charge in [0.2, 0.25) is 0 Å². The number of hydrogen-bond acceptors (Lipinski definition) is 7. The lowest BCUT2D eigenvalue weighted by atomic mass is 10.0. The van der Waals surface area contributed by atoms with E-state index in [-0.39, 0.29) is 119 Å². The molecule has 0 unspecified atom stereocenters. The van der Waals surface area contributed by atoms with E-state index in [0.29, 0.717) is 105 Å². The van der Waals surface area contributed by atoms with Gasteiger partial charge in [-0.3, -0.25) is 28.8 Å². The van der Waals surface area contributed by atoms with Crippen LogP contribution in [0.1, 0.15) is 119 Å². The number of aromatic carboxylic acids is 1. The molecule has 12 N–H and O–H groups in total. The van der Waals surface area contributed by atoms with E-state index < -0.39 is 58.7 Å². The minimum atomic E-state index is -1.30. The van der Waals surface area contributed by atoms with Crippen molar-refractivity contribution in [1.82, 2.24) is 56.8 Å². The van der Waals surface area contributed by atoms with Crippen molar-refractivity contribution in [2.24, 2.45) is 0 Å². The Morgan fingerprint density at radius 1 is 0.295 bits per heavy atom. The van der Waals surface area contributed by atoms with Gasteiger partial charge < -0.3 is 61.9 Å². The van der Waals surface area contributed by atoms with Gasteiger partial charge in [0.15, 0.2) is 0 Å². The highest BCUT2D eigenvalue weighted by Crippen LogP contribution is 2.34. The standard InChI is InChI=1S/C24H20F2N2O.C22H15F3N2O.C18H15F2N3O2.C18H14F2N2O.C17H12F2N2O3/c1-2-15-6-8-17(9-7-15)21-13-20(26)11-18-12-22(28-23(18)21)24(29)27-14-16-4-3-5-19(25)10-16;23-16-6-4-14(5-7-16)19-11-18(25)9-15-10-20(27-21(15)19)22(28)26-12-13-2-1-3-17(24)8-13;1-21-17(24)14-8-13(20)6-11-7-15(23-16(11)14)18(25)22-9-10-3-2-4-12(19)5-10;1-2-12-7-15(20)8-13-9-16(22-17(12)13)18(23)21-10-11-4-3-5-14(19)6-11;18-11-3-1-2-9(4-11)8-20-16(22)14-6-10-5-12(19)7-13(17(23)24)15(10)21-14/h3-13,28H,2,14H2,1H3,(H,27,29);1-11,27H,12H2,(H,26,28);2-8,23H,9H2,1H3,(H,21,24)(H,22,25);2-9,22H,1,10H2,(H,21,23);1-7,21H,8H2,(H,20,22)(H,23,24). The summed E-state index contributed by atoms with van der Waals surface area (Å²) in [5, 5.41) is 27.4. The Morgan fingerprint density at radius 3 is 0.884 bits per heavy atom. The first-order valence-electron chi connectivity index (χ1n) is 39.7. The molecule has 0 saturated carbocycles. The fourth-order valence-corrected chi connectivity index (χ4v) is 13.9. The van der Waals surface area contributed by atoms with E-state index in [4.69, 9.17) is 5.11 Å². The number of benzene rings is 12. The number of aromatic amines is 5. The van der Waals surface area contributed by atoms with Crippen molar-refractivity contribution in [2.45, 2.75) is 46.1 Å². The molecular formula is C99H76F11N11O8. The van der Waals surface area contributed by atoms with Crippen molar-refractivity contribution in [3.05, 3.63) is 410 Å². The molecule has 5 aromatic heterocycles. The summed E-state index contributed by atoms with van der Waals surface area (Å²) in [6, 6.07) is 63.5. The molecule has 17 rings (SSSR count). The largest absolute Gasteiger partial charge is 0.478 e. The van der Waals surface area contributed by atoms with Crippen LogP contribution in [0.4, 0.5) is 48.3 Å². The number of fused-ring (bicyclic) bond motifs is 5. The smallest absolute Gasteiger partial charge is 0.337 e. The van der Waals surface area contributed by atoms with Gasteiger partial charge in [0, 0.05) is 83.4 Å². The lowest BCUT2D eigenvalue weighted by Gasteiger charge is -2.06. The van der Waals surface area contributed by atoms with Gasteiger partial charge in [-0.15, -0.1) is 0 Å². The molecule has 0 bridgehead atoms. The van der Waals surface area contributed by atoms with Crippen LogP contribution in [0.25, 0.3) is 82.8 Å². The van der Waals surface area contributed by atoms with E-state index in [1.165, 1.54) is 152 Å². The van der Waals surface area contributed by atoms with Crippen LogP contribution in [0.3, 0.4) is 0 Å². The zero-order chi connectivity index (χ0) is 91.7. The van der Waals surface area contributed by atoms with Crippen molar-refractivity contribution in [3.63, 3.8) is 0 Å². The Kier molecular flexibility index (Phi) is 28.7. The van der Waals surface area contributed by atoms with Gasteiger partial charge in [-0.1, -0.05) is 117 Å². The SMILES string of the molecule is C=Cc1cc(F)cc2cc(C(=O)NCc3cccc(F)c3)[nH]c12.CCc1ccc(-c2cc(F)cc3cc(C(=O)NCc4cccc(F)c4)[nH]c23)cc1.CNC(=O)c1cc(F)cc2cc(C(=O)NCc3cccc(F)c3)[nH]c12.O=C(NCc1cccc(F)c1)c1cc2cc(F)cc(-c3ccc(F)cc3)c2[nH]1.O=C(NCc1cccc(F)c1)c1cc2cc(F)cc(C(=O)O)c2[nH]1. The molecule has 0 atom stereocenters. The third-order valence-electron chi connectivity index (χ3n) is 20.2. The molecule has 19 nitrogen and oxygen atoms in total. The number of rotatable bonds is 21. The van der Waals surface area contributed by atoms with Crippen molar-refractivity contribution in [2.75, 3.05) is 7.05 Å². The number of halogens is 11. The summed E-state index contributed by atoms with van der Waals surface area (Å²) in [4.78, 5) is 99.3. The minimum absolute atomic E-state index is 0.0921. The molecule has 0 fully saturated rings. The topological polar surface area (TPSA) is 291 Å². The monoisotopic (exact) mass is 1760 g/mol. The molecule has 0 spiro atoms. The molecule has 0 radical (unpaired) electrons. The maximum Gasteiger partial charge on any atom is 0.337 e. The first kappa shape index (κ1) is 90.3. The van der Waals surface area contributed by atoms with Crippen molar-refractivity contribution in [1.29, 1.82) is 0 Å². The zero-order valence-corrected chi connectivity index (χ0v) is 68.3. The van der Waals surface area contributed by atoms with Crippen LogP contribution in [-0.4, -0.2) is 78.5 Å². The number of aryl methyl sites for hydroxylation is 1. The number of carbonyl (C=O) groups is 7. The van der Waals surface area contributed by atoms with Gasteiger partial charge in [-0.25, -0.2) is 53.1 Å². The van der Waals surface area contributed by atoms with Crippen LogP contribution in [0.5, 0.6) is 0 Å². The first-order chi connectivity index (χ1) is 62.0. The summed E-state index contributed by atoms with van der Waals surface area (Å²) >= 11 is 0. The number of hydrogen-bond donors (Lipinski definition) is 12. The van der Waals surface area contributed by atoms with Crippen molar-refractivity contribution >= 4 is 102 Å². The molecule has 17 aromatic rings. The van der Waals surface area contributed by atoms with Gasteiger partial charge >= 0.3 is 5.97 Å². The molecule has 0 aliphatic rings. The highest BCUT2D eigenvalue weighted by molar-refractivity contribution is 6.10. The second-order valence-electron chi connectivity index (χ2n) is 29.3. The maximum absolute atomic E-state index is 14.2. The van der Waals surface area contributed by atoms with Gasteiger partial charge in [0.25, 0.3) is 35.4 Å². The molecule has 0 aliphatic heterocycles. The highest BCUT2D eigenvalue weighted by Gasteiger charge is 2.22. The highest BCUT2D eigenvalue weighted by atomic mass is 19.2. The molecule has 0 aliphatic carbocycles. The van der Waals surface area contributed by atoms with E-state index in [9.17, 15) is 81.9 Å². The van der Waals surface area contributed by atoms with E-state index in [2.05, 4.69) is 70.3 Å². The number of carbonyl (C=O) groups excluding carboxylic acids is 6. The summed E-state index contributed by atoms with van der Waals surface area (Å²) in [5.74, 6) is -8.54. The molecule has 0 saturated heterocycles. The van der Waals surface area contributed by atoms with E-state index in [0.717, 1.165) is 30.2 Å². The number of carboxylic acid groups (broad SMARTS) is 1. The third kappa shape index (κ3) is 23.2. The van der Waals surface area contributed by atoms with Gasteiger partial charge in [0.1, 0.15) is 92.5 Å². The predicted molar refractivity (Wildman–Crippen MR) is 470 cm³/mol. The number of carboxylic acids is 1. The number of aromatic nitrogens is 5. The van der Waals surface area contributed by atoms with Crippen LogP contribution in [-0.2, 0) is 39.1 Å². The molecule has 6 amide bonds. The summed E-state index contributed by atoms with van der Waals surface area (Å²) in [6.45, 7) is 6.52. The normalized spacial score (nSPS) is 10.8. The van der Waals surface area contributed by atoms with Crippen LogP contribution in [0.15, 0.2) is 267 Å². The van der Waals surface area contributed by atoms with Crippen LogP contribution < -0.4 is 31.9 Å². The maximum atomic E-state index is 14.2. The summed E-state index contributed by atoms with van der Waals surface area (Å²) in [7, 11) is 1.44. The van der Waals surface area contributed by atoms with Crippen LogP contribution in [0.2, 0.25) is 0 Å². The van der Waals surface area contributed by atoms with Crippen molar-refractivity contribution in [3.8, 4) is 22.3 Å². The summed E-state index contributed by atoms with van der Waals surface area (Å²) in [6.07, 6.45) is 2.45. The Balaban J connectivity index is 0.000000138. The molecule has 129 heavy (non-hydrogen) atoms. The predicted octanol–water partition coefficient (Wildman–Crippen LogP) is 20.6. The van der Waals surface area contributed by atoms with E-state index >= 15 is 0 Å². The average Bonchev–Trinajstić information content (AvgIpc) is 1.64. The summed E-state index contributed by atoms with van der Waals surface area (Å²) in [5.41, 5.74) is 11.1. The second kappa shape index (κ2) is 40.9. The fraction of sp³-hybridized carbons (Fsp3) is 0.0808. The Labute approximate surface area is 727 Å². The van der Waals surface area contributed by atoms with Crippen LogP contribution in [0, 0.1) is 64.0 Å². The third-order valence-corrected chi connectivity index (χ3v) is 20.2. The lowest BCUT2D eigenvalue weighted by Crippen LogP contribution is -2.23. The molecule has 30 heteroatoms. The average molecular weight is 1760 g/mol. The number of nitrogens with one attached hydrogen (secondary N) is 11. The molecular weight excluding hydrogens is 1680 g/mol. The second-order valence-corrected chi connectivity index (χ2v) is 29.3. The fourth-order valence-electron chi connectivity index (χ4n) is 13.9. The lowest BCUT2D eigenvalue weighted by molar-refractivity contribution is 0.0696. The van der Waals surface area contributed by atoms with Gasteiger partial charge in [-0.05, 0) is 215 Å². The minimum Gasteiger partial charge on any atom is -0.478 e. The molecule has 652 valence electrons. The first-order valence-corrected chi connectivity index (χ1v) is 39.7. The number of H-pyrrole nitrogens is 5. The quantitative estimate of drug-likeness (QED) is 0.0306. The zero-order valence-electron chi connectivity index (χ0n) is 68.3. The summed E-state index contributed by atoms with van der Waals surface area (Å²) < 4.78 is 148. The number of amides is 6. The van der Waals surface area contributed by atoms with E-state index in [1.807, 2.05) is 24.3 Å². The molecule has 5 heterocycles. The Morgan fingerprint density at radius 2 is 0.574 bits per heavy atom. The Bertz CT molecular complexity index is 7100. The Hall–Kier alpha value is -16.4. The molecule has 12 aromatic carbocycles. The van der Waals surface area contributed by atoms with Crippen molar-refractivity contribution < 1.29 is 87.0 Å². The van der Waals surface area contributed by atoms with Gasteiger partial charge in [0.05, 0.1) is 38.7 Å².